The molecule has 0 amide bonds. The Kier molecular flexibility index (Phi) is 3.70. The Labute approximate surface area is 95.9 Å². The molecule has 0 bridgehead atoms. The number of benzene rings is 1. The summed E-state index contributed by atoms with van der Waals surface area (Å²) in [4.78, 5) is 0. The van der Waals surface area contributed by atoms with Gasteiger partial charge >= 0.3 is 6.18 Å². The highest BCUT2D eigenvalue weighted by atomic mass is 35.5. The van der Waals surface area contributed by atoms with Crippen LogP contribution < -0.4 is 11.1 Å². The van der Waals surface area contributed by atoms with Crippen molar-refractivity contribution in [1.29, 1.82) is 0 Å². The summed E-state index contributed by atoms with van der Waals surface area (Å²) in [6.07, 6.45) is -3.80. The fraction of sp³-hybridized carbons (Fsp3) is 0.200. The predicted octanol–water partition coefficient (Wildman–Crippen LogP) is 3.42. The molecule has 0 aromatic heterocycles. The van der Waals surface area contributed by atoms with Gasteiger partial charge in [-0.05, 0) is 30.7 Å². The van der Waals surface area contributed by atoms with Crippen molar-refractivity contribution in [3.8, 4) is 0 Å². The van der Waals surface area contributed by atoms with E-state index in [0.29, 0.717) is 10.7 Å². The molecule has 0 aliphatic heterocycles. The van der Waals surface area contributed by atoms with Crippen molar-refractivity contribution in [2.45, 2.75) is 13.1 Å². The summed E-state index contributed by atoms with van der Waals surface area (Å²) in [5.41, 5.74) is 4.91. The van der Waals surface area contributed by atoms with Crippen molar-refractivity contribution >= 4 is 17.3 Å². The Morgan fingerprint density at radius 1 is 1.44 bits per heavy atom. The summed E-state index contributed by atoms with van der Waals surface area (Å²) < 4.78 is 36.2. The Bertz CT molecular complexity index is 413. The Balaban J connectivity index is 2.83. The molecule has 0 aliphatic carbocycles. The average Bonchev–Trinajstić information content (AvgIpc) is 2.14. The average molecular weight is 251 g/mol. The number of allylic oxidation sites excluding steroid dienone is 1. The first-order valence-electron chi connectivity index (χ1n) is 4.36. The number of anilines is 1. The number of hydrogen-bond acceptors (Lipinski definition) is 2. The minimum atomic E-state index is -4.52. The number of alkyl halides is 3. The monoisotopic (exact) mass is 250 g/mol. The van der Waals surface area contributed by atoms with Crippen LogP contribution in [0.3, 0.4) is 0 Å². The molecule has 0 saturated heterocycles. The third-order valence-electron chi connectivity index (χ3n) is 1.90. The molecular formula is C10H10ClF3N2. The lowest BCUT2D eigenvalue weighted by atomic mass is 10.2. The molecule has 0 aliphatic rings. The van der Waals surface area contributed by atoms with Crippen molar-refractivity contribution in [1.82, 2.24) is 0 Å². The van der Waals surface area contributed by atoms with Gasteiger partial charge in [0.2, 0.25) is 0 Å². The van der Waals surface area contributed by atoms with Crippen LogP contribution in [-0.2, 0) is 0 Å². The second-order valence-corrected chi connectivity index (χ2v) is 3.64. The molecule has 2 nitrogen and oxygen atoms in total. The number of rotatable bonds is 2. The van der Waals surface area contributed by atoms with Crippen LogP contribution in [0, 0.1) is 6.92 Å². The topological polar surface area (TPSA) is 38.0 Å². The molecular weight excluding hydrogens is 241 g/mol. The van der Waals surface area contributed by atoms with E-state index in [1.165, 1.54) is 0 Å². The third kappa shape index (κ3) is 3.34. The smallest absolute Gasteiger partial charge is 0.394 e. The van der Waals surface area contributed by atoms with Gasteiger partial charge in [0.1, 0.15) is 5.70 Å². The van der Waals surface area contributed by atoms with Gasteiger partial charge in [0, 0.05) is 16.9 Å². The van der Waals surface area contributed by atoms with E-state index in [9.17, 15) is 13.2 Å². The number of hydrogen-bond donors (Lipinski definition) is 2. The zero-order chi connectivity index (χ0) is 12.3. The lowest BCUT2D eigenvalue weighted by Gasteiger charge is -2.09. The molecule has 0 spiro atoms. The van der Waals surface area contributed by atoms with E-state index < -0.39 is 11.9 Å². The van der Waals surface area contributed by atoms with Gasteiger partial charge in [-0.3, -0.25) is 0 Å². The highest BCUT2D eigenvalue weighted by molar-refractivity contribution is 6.30. The molecule has 1 aromatic rings. The first-order valence-corrected chi connectivity index (χ1v) is 4.74. The van der Waals surface area contributed by atoms with Crippen LogP contribution in [-0.4, -0.2) is 6.18 Å². The molecule has 6 heteroatoms. The van der Waals surface area contributed by atoms with E-state index in [0.717, 1.165) is 11.8 Å². The standard InChI is InChI=1S/C10H10ClF3N2/c1-6-4-7(11)2-3-8(6)16-5-9(15)10(12,13)14/h2-5,16H,15H2,1H3/b9-5-. The maximum atomic E-state index is 12.1. The zero-order valence-corrected chi connectivity index (χ0v) is 9.15. The van der Waals surface area contributed by atoms with E-state index >= 15 is 0 Å². The highest BCUT2D eigenvalue weighted by Gasteiger charge is 2.31. The molecule has 0 radical (unpaired) electrons. The van der Waals surface area contributed by atoms with Crippen LogP contribution in [0.4, 0.5) is 18.9 Å². The molecule has 0 saturated carbocycles. The van der Waals surface area contributed by atoms with Crippen molar-refractivity contribution in [2.24, 2.45) is 5.73 Å². The summed E-state index contributed by atoms with van der Waals surface area (Å²) in [6.45, 7) is 1.73. The second-order valence-electron chi connectivity index (χ2n) is 3.20. The lowest BCUT2D eigenvalue weighted by Crippen LogP contribution is -2.20. The third-order valence-corrected chi connectivity index (χ3v) is 2.13. The number of aryl methyl sites for hydroxylation is 1. The number of halogens is 4. The van der Waals surface area contributed by atoms with Crippen molar-refractivity contribution < 1.29 is 13.2 Å². The maximum absolute atomic E-state index is 12.1. The molecule has 1 rings (SSSR count). The summed E-state index contributed by atoms with van der Waals surface area (Å²) in [6, 6.07) is 4.80. The van der Waals surface area contributed by atoms with Crippen molar-refractivity contribution in [3.63, 3.8) is 0 Å². The zero-order valence-electron chi connectivity index (χ0n) is 8.40. The van der Waals surface area contributed by atoms with Crippen molar-refractivity contribution in [2.75, 3.05) is 5.32 Å². The second kappa shape index (κ2) is 4.65. The molecule has 1 aromatic carbocycles. The molecule has 3 N–H and O–H groups in total. The molecule has 0 heterocycles. The Morgan fingerprint density at radius 3 is 2.56 bits per heavy atom. The van der Waals surface area contributed by atoms with Crippen LogP contribution in [0.2, 0.25) is 5.02 Å². The van der Waals surface area contributed by atoms with E-state index in [-0.39, 0.29) is 0 Å². The fourth-order valence-electron chi connectivity index (χ4n) is 1.03. The Morgan fingerprint density at radius 2 is 2.06 bits per heavy atom. The van der Waals surface area contributed by atoms with Crippen LogP contribution in [0.25, 0.3) is 0 Å². The van der Waals surface area contributed by atoms with E-state index in [1.807, 2.05) is 0 Å². The largest absolute Gasteiger partial charge is 0.432 e. The van der Waals surface area contributed by atoms with E-state index in [2.05, 4.69) is 5.32 Å². The van der Waals surface area contributed by atoms with Crippen LogP contribution >= 0.6 is 11.6 Å². The minimum absolute atomic E-state index is 0.524. The maximum Gasteiger partial charge on any atom is 0.432 e. The van der Waals surface area contributed by atoms with Gasteiger partial charge in [-0.1, -0.05) is 11.6 Å². The van der Waals surface area contributed by atoms with Gasteiger partial charge in [0.05, 0.1) is 0 Å². The number of nitrogens with one attached hydrogen (secondary N) is 1. The Hall–Kier alpha value is -1.36. The van der Waals surface area contributed by atoms with E-state index in [1.54, 1.807) is 25.1 Å². The summed E-state index contributed by atoms with van der Waals surface area (Å²) in [5, 5.41) is 3.00. The lowest BCUT2D eigenvalue weighted by molar-refractivity contribution is -0.0927. The summed E-state index contributed by atoms with van der Waals surface area (Å²) in [5.74, 6) is 0. The van der Waals surface area contributed by atoms with E-state index in [4.69, 9.17) is 17.3 Å². The van der Waals surface area contributed by atoms with Crippen LogP contribution in [0.15, 0.2) is 30.1 Å². The van der Waals surface area contributed by atoms with Gasteiger partial charge in [-0.25, -0.2) is 0 Å². The molecule has 0 atom stereocenters. The summed E-state index contributed by atoms with van der Waals surface area (Å²) in [7, 11) is 0. The van der Waals surface area contributed by atoms with Crippen LogP contribution in [0.5, 0.6) is 0 Å². The molecule has 88 valence electrons. The fourth-order valence-corrected chi connectivity index (χ4v) is 1.25. The first kappa shape index (κ1) is 12.7. The number of nitrogens with two attached hydrogens (primary N) is 1. The van der Waals surface area contributed by atoms with Crippen molar-refractivity contribution in [3.05, 3.63) is 40.7 Å². The quantitative estimate of drug-likeness (QED) is 0.844. The van der Waals surface area contributed by atoms with Gasteiger partial charge in [-0.2, -0.15) is 13.2 Å². The molecule has 16 heavy (non-hydrogen) atoms. The molecule has 0 fully saturated rings. The van der Waals surface area contributed by atoms with Crippen LogP contribution in [0.1, 0.15) is 5.56 Å². The van der Waals surface area contributed by atoms with Gasteiger partial charge in [0.15, 0.2) is 0 Å². The normalized spacial score (nSPS) is 12.7. The van der Waals surface area contributed by atoms with Gasteiger partial charge < -0.3 is 11.1 Å². The predicted molar refractivity (Wildman–Crippen MR) is 58.1 cm³/mol. The SMILES string of the molecule is Cc1cc(Cl)ccc1N/C=C(\N)C(F)(F)F. The molecule has 0 unspecified atom stereocenters. The minimum Gasteiger partial charge on any atom is -0.394 e. The van der Waals surface area contributed by atoms with Gasteiger partial charge in [0.25, 0.3) is 0 Å². The summed E-state index contributed by atoms with van der Waals surface area (Å²) >= 11 is 5.70. The van der Waals surface area contributed by atoms with Gasteiger partial charge in [-0.15, -0.1) is 0 Å². The first-order chi connectivity index (χ1) is 7.30. The highest BCUT2D eigenvalue weighted by Crippen LogP contribution is 2.23.